The van der Waals surface area contributed by atoms with Gasteiger partial charge in [-0.2, -0.15) is 0 Å². The molecule has 5 nitrogen and oxygen atoms in total. The van der Waals surface area contributed by atoms with Crippen LogP contribution < -0.4 is 0 Å². The Bertz CT molecular complexity index is 318. The summed E-state index contributed by atoms with van der Waals surface area (Å²) in [5, 5.41) is 18.3. The van der Waals surface area contributed by atoms with E-state index in [1.807, 2.05) is 0 Å². The van der Waals surface area contributed by atoms with Crippen LogP contribution in [0.4, 0.5) is 0 Å². The Morgan fingerprint density at radius 3 is 2.93 bits per heavy atom. The highest BCUT2D eigenvalue weighted by molar-refractivity contribution is 5.09. The molecule has 0 saturated carbocycles. The minimum Gasteiger partial charge on any atom is -0.383 e. The first kappa shape index (κ1) is 10.6. The summed E-state index contributed by atoms with van der Waals surface area (Å²) in [6.07, 6.45) is 3.91. The molecule has 15 heavy (non-hydrogen) atoms. The van der Waals surface area contributed by atoms with E-state index in [1.165, 1.54) is 0 Å². The molecule has 0 aliphatic carbocycles. The van der Waals surface area contributed by atoms with Crippen molar-refractivity contribution in [1.29, 1.82) is 0 Å². The number of ether oxygens (including phenoxy) is 1. The molecule has 0 spiro atoms. The van der Waals surface area contributed by atoms with Gasteiger partial charge in [-0.3, -0.25) is 0 Å². The fourth-order valence-electron chi connectivity index (χ4n) is 1.96. The van der Waals surface area contributed by atoms with Crippen molar-refractivity contribution in [3.63, 3.8) is 0 Å². The number of aliphatic hydroxyl groups is 1. The van der Waals surface area contributed by atoms with Gasteiger partial charge in [-0.1, -0.05) is 12.1 Å². The molecule has 2 rings (SSSR count). The summed E-state index contributed by atoms with van der Waals surface area (Å²) in [4.78, 5) is 0. The van der Waals surface area contributed by atoms with Gasteiger partial charge in [0.2, 0.25) is 0 Å². The standard InChI is InChI=1S/C10H17N3O2/c1-2-5-13-9(8-11-12-13)10(14)3-6-15-7-4-10/h8,14H,2-7H2,1H3. The second kappa shape index (κ2) is 4.28. The van der Waals surface area contributed by atoms with Crippen LogP contribution in [0, 0.1) is 0 Å². The third-order valence-corrected chi connectivity index (χ3v) is 2.85. The van der Waals surface area contributed by atoms with Gasteiger partial charge in [0.05, 0.1) is 11.9 Å². The number of aryl methyl sites for hydroxylation is 1. The molecule has 1 aliphatic heterocycles. The monoisotopic (exact) mass is 211 g/mol. The van der Waals surface area contributed by atoms with Crippen molar-refractivity contribution in [2.45, 2.75) is 38.3 Å². The van der Waals surface area contributed by atoms with E-state index in [9.17, 15) is 5.11 Å². The van der Waals surface area contributed by atoms with E-state index >= 15 is 0 Å². The smallest absolute Gasteiger partial charge is 0.112 e. The largest absolute Gasteiger partial charge is 0.383 e. The van der Waals surface area contributed by atoms with Gasteiger partial charge in [-0.25, -0.2) is 4.68 Å². The van der Waals surface area contributed by atoms with E-state index in [4.69, 9.17) is 4.74 Å². The molecule has 0 unspecified atom stereocenters. The zero-order chi connectivity index (χ0) is 10.7. The van der Waals surface area contributed by atoms with Crippen LogP contribution in [-0.2, 0) is 16.9 Å². The molecule has 1 aromatic rings. The molecule has 0 amide bonds. The molecule has 1 aromatic heterocycles. The van der Waals surface area contributed by atoms with Gasteiger partial charge in [0.15, 0.2) is 0 Å². The highest BCUT2D eigenvalue weighted by Gasteiger charge is 2.35. The van der Waals surface area contributed by atoms with Crippen molar-refractivity contribution in [1.82, 2.24) is 15.0 Å². The van der Waals surface area contributed by atoms with Crippen molar-refractivity contribution in [2.24, 2.45) is 0 Å². The average molecular weight is 211 g/mol. The SMILES string of the molecule is CCCn1nncc1C1(O)CCOCC1. The number of nitrogens with zero attached hydrogens (tertiary/aromatic N) is 3. The molecule has 0 aromatic carbocycles. The van der Waals surface area contributed by atoms with Gasteiger partial charge < -0.3 is 9.84 Å². The highest BCUT2D eigenvalue weighted by Crippen LogP contribution is 2.31. The topological polar surface area (TPSA) is 60.2 Å². The van der Waals surface area contributed by atoms with Gasteiger partial charge in [0.1, 0.15) is 5.60 Å². The van der Waals surface area contributed by atoms with E-state index in [2.05, 4.69) is 17.2 Å². The Kier molecular flexibility index (Phi) is 3.02. The van der Waals surface area contributed by atoms with Crippen LogP contribution in [0.25, 0.3) is 0 Å². The predicted molar refractivity (Wildman–Crippen MR) is 54.3 cm³/mol. The molecule has 0 radical (unpaired) electrons. The van der Waals surface area contributed by atoms with Gasteiger partial charge in [-0.15, -0.1) is 5.10 Å². The van der Waals surface area contributed by atoms with Crippen LogP contribution in [0.3, 0.4) is 0 Å². The van der Waals surface area contributed by atoms with Crippen LogP contribution in [0.2, 0.25) is 0 Å². The number of hydrogen-bond acceptors (Lipinski definition) is 4. The molecule has 1 fully saturated rings. The minimum absolute atomic E-state index is 0.605. The lowest BCUT2D eigenvalue weighted by molar-refractivity contribution is -0.0730. The fraction of sp³-hybridized carbons (Fsp3) is 0.800. The Morgan fingerprint density at radius 1 is 1.53 bits per heavy atom. The number of aromatic nitrogens is 3. The molecule has 1 aliphatic rings. The highest BCUT2D eigenvalue weighted by atomic mass is 16.5. The summed E-state index contributed by atoms with van der Waals surface area (Å²) in [7, 11) is 0. The maximum absolute atomic E-state index is 10.5. The van der Waals surface area contributed by atoms with E-state index in [0.717, 1.165) is 18.7 Å². The van der Waals surface area contributed by atoms with Crippen molar-refractivity contribution in [2.75, 3.05) is 13.2 Å². The summed E-state index contributed by atoms with van der Waals surface area (Å²) in [6.45, 7) is 4.10. The minimum atomic E-state index is -0.795. The van der Waals surface area contributed by atoms with Gasteiger partial charge in [0.25, 0.3) is 0 Å². The van der Waals surface area contributed by atoms with Crippen molar-refractivity contribution < 1.29 is 9.84 Å². The lowest BCUT2D eigenvalue weighted by atomic mass is 9.91. The number of rotatable bonds is 3. The lowest BCUT2D eigenvalue weighted by Gasteiger charge is -2.31. The summed E-state index contributed by atoms with van der Waals surface area (Å²) in [5.74, 6) is 0. The van der Waals surface area contributed by atoms with Crippen molar-refractivity contribution in [3.8, 4) is 0 Å². The molecule has 5 heteroatoms. The lowest BCUT2D eigenvalue weighted by Crippen LogP contribution is -2.35. The third-order valence-electron chi connectivity index (χ3n) is 2.85. The summed E-state index contributed by atoms with van der Waals surface area (Å²) in [6, 6.07) is 0. The number of hydrogen-bond donors (Lipinski definition) is 1. The second-order valence-corrected chi connectivity index (χ2v) is 3.99. The first-order chi connectivity index (χ1) is 7.26. The summed E-state index contributed by atoms with van der Waals surface area (Å²) < 4.78 is 7.05. The molecular weight excluding hydrogens is 194 g/mol. The fourth-order valence-corrected chi connectivity index (χ4v) is 1.96. The van der Waals surface area contributed by atoms with Crippen LogP contribution in [0.5, 0.6) is 0 Å². The van der Waals surface area contributed by atoms with Crippen LogP contribution in [0.15, 0.2) is 6.20 Å². The molecule has 0 bridgehead atoms. The van der Waals surface area contributed by atoms with Gasteiger partial charge >= 0.3 is 0 Å². The summed E-state index contributed by atoms with van der Waals surface area (Å²) >= 11 is 0. The summed E-state index contributed by atoms with van der Waals surface area (Å²) in [5.41, 5.74) is 0.0318. The van der Waals surface area contributed by atoms with Crippen LogP contribution in [0.1, 0.15) is 31.9 Å². The molecule has 0 atom stereocenters. The molecule has 84 valence electrons. The van der Waals surface area contributed by atoms with E-state index < -0.39 is 5.60 Å². The molecular formula is C10H17N3O2. The van der Waals surface area contributed by atoms with Gasteiger partial charge in [0, 0.05) is 32.6 Å². The maximum Gasteiger partial charge on any atom is 0.112 e. The average Bonchev–Trinajstić information content (AvgIpc) is 2.68. The first-order valence-corrected chi connectivity index (χ1v) is 5.45. The van der Waals surface area contributed by atoms with Crippen LogP contribution >= 0.6 is 0 Å². The van der Waals surface area contributed by atoms with E-state index in [-0.39, 0.29) is 0 Å². The Hall–Kier alpha value is -0.940. The van der Waals surface area contributed by atoms with E-state index in [0.29, 0.717) is 26.1 Å². The molecule has 1 saturated heterocycles. The van der Waals surface area contributed by atoms with Crippen molar-refractivity contribution in [3.05, 3.63) is 11.9 Å². The predicted octanol–water partition coefficient (Wildman–Crippen LogP) is 0.686. The Morgan fingerprint density at radius 2 is 2.27 bits per heavy atom. The van der Waals surface area contributed by atoms with Crippen molar-refractivity contribution >= 4 is 0 Å². The van der Waals surface area contributed by atoms with Gasteiger partial charge in [-0.05, 0) is 6.42 Å². The third kappa shape index (κ3) is 2.03. The molecule has 1 N–H and O–H groups in total. The second-order valence-electron chi connectivity index (χ2n) is 3.99. The Balaban J connectivity index is 2.22. The zero-order valence-electron chi connectivity index (χ0n) is 9.02. The Labute approximate surface area is 89.0 Å². The van der Waals surface area contributed by atoms with E-state index in [1.54, 1.807) is 10.9 Å². The first-order valence-electron chi connectivity index (χ1n) is 5.45. The zero-order valence-corrected chi connectivity index (χ0v) is 9.02. The van der Waals surface area contributed by atoms with Crippen LogP contribution in [-0.4, -0.2) is 33.3 Å². The normalized spacial score (nSPS) is 20.4. The molecule has 2 heterocycles. The quantitative estimate of drug-likeness (QED) is 0.799. The maximum atomic E-state index is 10.5.